The maximum Gasteiger partial charge on any atom is 0.251 e. The highest BCUT2D eigenvalue weighted by Crippen LogP contribution is 2.16. The molecule has 0 atom stereocenters. The first-order valence-corrected chi connectivity index (χ1v) is 11.2. The molecule has 0 bridgehead atoms. The van der Waals surface area contributed by atoms with Gasteiger partial charge in [0, 0.05) is 30.5 Å². The second-order valence-corrected chi connectivity index (χ2v) is 7.97. The SMILES string of the molecule is O=C(NCc1ccccc1)c1cccc(Nc2nccc(NCCCN3CCCC3)n2)c1. The minimum atomic E-state index is -0.119. The number of carbonyl (C=O) groups excluding carboxylic acids is 1. The van der Waals surface area contributed by atoms with Gasteiger partial charge < -0.3 is 20.9 Å². The number of carbonyl (C=O) groups is 1. The lowest BCUT2D eigenvalue weighted by molar-refractivity contribution is 0.0951. The van der Waals surface area contributed by atoms with E-state index >= 15 is 0 Å². The second kappa shape index (κ2) is 11.2. The lowest BCUT2D eigenvalue weighted by Crippen LogP contribution is -2.22. The van der Waals surface area contributed by atoms with Crippen molar-refractivity contribution in [2.75, 3.05) is 36.8 Å². The molecule has 166 valence electrons. The van der Waals surface area contributed by atoms with Crippen molar-refractivity contribution in [3.63, 3.8) is 0 Å². The van der Waals surface area contributed by atoms with Crippen molar-refractivity contribution in [2.24, 2.45) is 0 Å². The normalized spacial score (nSPS) is 13.6. The van der Waals surface area contributed by atoms with Crippen LogP contribution in [-0.4, -0.2) is 47.0 Å². The molecule has 1 aliphatic rings. The fourth-order valence-corrected chi connectivity index (χ4v) is 3.79. The zero-order chi connectivity index (χ0) is 22.0. The molecule has 1 aliphatic heterocycles. The zero-order valence-corrected chi connectivity index (χ0v) is 18.3. The second-order valence-electron chi connectivity index (χ2n) is 7.97. The van der Waals surface area contributed by atoms with Crippen LogP contribution in [0.1, 0.15) is 35.2 Å². The van der Waals surface area contributed by atoms with Crippen molar-refractivity contribution in [3.05, 3.63) is 78.0 Å². The number of nitrogens with zero attached hydrogens (tertiary/aromatic N) is 3. The van der Waals surface area contributed by atoms with Crippen LogP contribution in [0, 0.1) is 0 Å². The average molecular weight is 431 g/mol. The van der Waals surface area contributed by atoms with Crippen molar-refractivity contribution in [2.45, 2.75) is 25.8 Å². The van der Waals surface area contributed by atoms with Gasteiger partial charge in [0.25, 0.3) is 5.91 Å². The first-order valence-electron chi connectivity index (χ1n) is 11.2. The molecule has 3 N–H and O–H groups in total. The third-order valence-corrected chi connectivity index (χ3v) is 5.49. The van der Waals surface area contributed by atoms with Crippen molar-refractivity contribution < 1.29 is 4.79 Å². The molecular weight excluding hydrogens is 400 g/mol. The van der Waals surface area contributed by atoms with Gasteiger partial charge in [-0.3, -0.25) is 4.79 Å². The van der Waals surface area contributed by atoms with Crippen LogP contribution in [0.3, 0.4) is 0 Å². The van der Waals surface area contributed by atoms with Gasteiger partial charge in [-0.15, -0.1) is 0 Å². The fraction of sp³-hybridized carbons (Fsp3) is 0.320. The van der Waals surface area contributed by atoms with Crippen LogP contribution in [0.2, 0.25) is 0 Å². The fourth-order valence-electron chi connectivity index (χ4n) is 3.79. The Balaban J connectivity index is 1.28. The summed E-state index contributed by atoms with van der Waals surface area (Å²) in [6.07, 6.45) is 5.47. The van der Waals surface area contributed by atoms with E-state index in [2.05, 4.69) is 30.8 Å². The van der Waals surface area contributed by atoms with Gasteiger partial charge in [-0.2, -0.15) is 4.98 Å². The highest BCUT2D eigenvalue weighted by molar-refractivity contribution is 5.95. The van der Waals surface area contributed by atoms with Gasteiger partial charge in [0.1, 0.15) is 5.82 Å². The molecule has 1 aromatic heterocycles. The Kier molecular flexibility index (Phi) is 7.65. The molecule has 0 radical (unpaired) electrons. The molecule has 2 aromatic carbocycles. The summed E-state index contributed by atoms with van der Waals surface area (Å²) in [6, 6.07) is 19.1. The van der Waals surface area contributed by atoms with E-state index in [9.17, 15) is 4.79 Å². The molecule has 0 spiro atoms. The molecule has 1 fully saturated rings. The Morgan fingerprint density at radius 3 is 2.69 bits per heavy atom. The maximum absolute atomic E-state index is 12.5. The van der Waals surface area contributed by atoms with Crippen LogP contribution >= 0.6 is 0 Å². The number of anilines is 3. The third-order valence-electron chi connectivity index (χ3n) is 5.49. The van der Waals surface area contributed by atoms with E-state index in [1.54, 1.807) is 18.3 Å². The quantitative estimate of drug-likeness (QED) is 0.421. The van der Waals surface area contributed by atoms with Gasteiger partial charge in [-0.1, -0.05) is 36.4 Å². The van der Waals surface area contributed by atoms with E-state index < -0.39 is 0 Å². The van der Waals surface area contributed by atoms with Gasteiger partial charge in [-0.25, -0.2) is 4.98 Å². The zero-order valence-electron chi connectivity index (χ0n) is 18.3. The lowest BCUT2D eigenvalue weighted by Gasteiger charge is -2.14. The number of hydrogen-bond acceptors (Lipinski definition) is 6. The van der Waals surface area contributed by atoms with Crippen molar-refractivity contribution in [1.29, 1.82) is 0 Å². The standard InChI is InChI=1S/C25H30N6O/c32-24(28-19-20-8-2-1-3-9-20)21-10-6-11-22(18-21)29-25-27-14-12-23(30-25)26-13-7-17-31-15-4-5-16-31/h1-3,6,8-12,14,18H,4-5,7,13,15-17,19H2,(H,28,32)(H2,26,27,29,30). The van der Waals surface area contributed by atoms with Gasteiger partial charge in [0.2, 0.25) is 5.95 Å². The number of nitrogens with one attached hydrogen (secondary N) is 3. The molecule has 4 rings (SSSR count). The Morgan fingerprint density at radius 1 is 1.00 bits per heavy atom. The van der Waals surface area contributed by atoms with Gasteiger partial charge in [0.05, 0.1) is 0 Å². The highest BCUT2D eigenvalue weighted by Gasteiger charge is 2.10. The smallest absolute Gasteiger partial charge is 0.251 e. The summed E-state index contributed by atoms with van der Waals surface area (Å²) >= 11 is 0. The molecule has 2 heterocycles. The molecule has 1 amide bonds. The average Bonchev–Trinajstić information content (AvgIpc) is 3.35. The van der Waals surface area contributed by atoms with E-state index in [4.69, 9.17) is 0 Å². The predicted octanol–water partition coefficient (Wildman–Crippen LogP) is 4.05. The summed E-state index contributed by atoms with van der Waals surface area (Å²) in [5, 5.41) is 9.53. The number of benzene rings is 2. The summed E-state index contributed by atoms with van der Waals surface area (Å²) in [5.41, 5.74) is 2.42. The van der Waals surface area contributed by atoms with E-state index in [1.807, 2.05) is 48.5 Å². The lowest BCUT2D eigenvalue weighted by atomic mass is 10.1. The van der Waals surface area contributed by atoms with Crippen molar-refractivity contribution in [3.8, 4) is 0 Å². The van der Waals surface area contributed by atoms with E-state index in [-0.39, 0.29) is 5.91 Å². The predicted molar refractivity (Wildman–Crippen MR) is 128 cm³/mol. The molecule has 1 saturated heterocycles. The molecule has 3 aromatic rings. The van der Waals surface area contributed by atoms with E-state index in [0.717, 1.165) is 36.6 Å². The summed E-state index contributed by atoms with van der Waals surface area (Å²) in [7, 11) is 0. The number of aromatic nitrogens is 2. The molecular formula is C25H30N6O. The van der Waals surface area contributed by atoms with Crippen LogP contribution in [-0.2, 0) is 6.54 Å². The van der Waals surface area contributed by atoms with Crippen LogP contribution < -0.4 is 16.0 Å². The molecule has 0 aliphatic carbocycles. The largest absolute Gasteiger partial charge is 0.370 e. The first kappa shape index (κ1) is 21.8. The Morgan fingerprint density at radius 2 is 1.84 bits per heavy atom. The summed E-state index contributed by atoms with van der Waals surface area (Å²) < 4.78 is 0. The van der Waals surface area contributed by atoms with Gasteiger partial charge >= 0.3 is 0 Å². The molecule has 0 saturated carbocycles. The maximum atomic E-state index is 12.5. The van der Waals surface area contributed by atoms with Crippen molar-refractivity contribution in [1.82, 2.24) is 20.2 Å². The molecule has 0 unspecified atom stereocenters. The summed E-state index contributed by atoms with van der Waals surface area (Å²) in [5.74, 6) is 1.17. The first-order chi connectivity index (χ1) is 15.8. The third kappa shape index (κ3) is 6.52. The highest BCUT2D eigenvalue weighted by atomic mass is 16.1. The van der Waals surface area contributed by atoms with E-state index in [0.29, 0.717) is 18.1 Å². The monoisotopic (exact) mass is 430 g/mol. The minimum absolute atomic E-state index is 0.119. The van der Waals surface area contributed by atoms with Gasteiger partial charge in [0.15, 0.2) is 0 Å². The summed E-state index contributed by atoms with van der Waals surface area (Å²) in [6.45, 7) is 4.95. The number of amides is 1. The Hall–Kier alpha value is -3.45. The summed E-state index contributed by atoms with van der Waals surface area (Å²) in [4.78, 5) is 23.9. The van der Waals surface area contributed by atoms with Crippen LogP contribution in [0.25, 0.3) is 0 Å². The van der Waals surface area contributed by atoms with Crippen LogP contribution in [0.5, 0.6) is 0 Å². The molecule has 7 heteroatoms. The van der Waals surface area contributed by atoms with Crippen LogP contribution in [0.15, 0.2) is 66.9 Å². The minimum Gasteiger partial charge on any atom is -0.370 e. The Bertz CT molecular complexity index is 1000. The number of rotatable bonds is 10. The molecule has 7 nitrogen and oxygen atoms in total. The van der Waals surface area contributed by atoms with E-state index in [1.165, 1.54) is 25.9 Å². The van der Waals surface area contributed by atoms with Gasteiger partial charge in [-0.05, 0) is 68.7 Å². The Labute approximate surface area is 189 Å². The molecule has 32 heavy (non-hydrogen) atoms. The topological polar surface area (TPSA) is 82.2 Å². The van der Waals surface area contributed by atoms with Crippen molar-refractivity contribution >= 4 is 23.4 Å². The van der Waals surface area contributed by atoms with Crippen LogP contribution in [0.4, 0.5) is 17.5 Å². The number of hydrogen-bond donors (Lipinski definition) is 3. The number of likely N-dealkylation sites (tertiary alicyclic amines) is 1.